The molecular weight excluding hydrogens is 280 g/mol. The zero-order valence-corrected chi connectivity index (χ0v) is 11.9. The van der Waals surface area contributed by atoms with Gasteiger partial charge in [0.15, 0.2) is 15.5 Å². The number of aryl methyl sites for hydroxylation is 1. The van der Waals surface area contributed by atoms with Crippen molar-refractivity contribution in [3.63, 3.8) is 0 Å². The van der Waals surface area contributed by atoms with Crippen LogP contribution < -0.4 is 0 Å². The van der Waals surface area contributed by atoms with Gasteiger partial charge < -0.3 is 5.11 Å². The molecule has 0 aliphatic heterocycles. The van der Waals surface area contributed by atoms with E-state index in [1.165, 1.54) is 17.0 Å². The Hall–Kier alpha value is -2.15. The van der Waals surface area contributed by atoms with Crippen LogP contribution in [0.2, 0.25) is 0 Å². The molecule has 0 atom stereocenters. The largest absolute Gasteiger partial charge is 0.476 e. The molecule has 6 nitrogen and oxygen atoms in total. The first-order chi connectivity index (χ1) is 9.26. The molecule has 20 heavy (non-hydrogen) atoms. The summed E-state index contributed by atoms with van der Waals surface area (Å²) in [5.41, 5.74) is 2.11. The van der Waals surface area contributed by atoms with Crippen molar-refractivity contribution < 1.29 is 18.3 Å². The number of hydrogen-bond acceptors (Lipinski definition) is 4. The number of hydrogen-bond donors (Lipinski definition) is 1. The van der Waals surface area contributed by atoms with Crippen molar-refractivity contribution in [1.29, 1.82) is 0 Å². The predicted molar refractivity (Wildman–Crippen MR) is 74.2 cm³/mol. The van der Waals surface area contributed by atoms with Crippen LogP contribution in [0.3, 0.4) is 0 Å². The summed E-state index contributed by atoms with van der Waals surface area (Å²) in [4.78, 5) is 10.9. The lowest BCUT2D eigenvalue weighted by Gasteiger charge is -2.04. The molecule has 0 aliphatic carbocycles. The summed E-state index contributed by atoms with van der Waals surface area (Å²) < 4.78 is 23.9. The van der Waals surface area contributed by atoms with Gasteiger partial charge in [-0.05, 0) is 17.2 Å². The number of benzene rings is 1. The summed E-state index contributed by atoms with van der Waals surface area (Å²) in [6, 6.07) is 8.41. The van der Waals surface area contributed by atoms with Crippen molar-refractivity contribution in [2.45, 2.75) is 5.75 Å². The topological polar surface area (TPSA) is 89.3 Å². The standard InChI is InChI=1S/C13H14N2O4S/c1-15-12(7-11(14-15)13(16)17)10-5-3-9(4-6-10)8-20(2,18)19/h3-7H,8H2,1-2H3,(H,16,17). The smallest absolute Gasteiger partial charge is 0.356 e. The molecule has 0 saturated carbocycles. The number of carbonyl (C=O) groups is 1. The van der Waals surface area contributed by atoms with Crippen molar-refractivity contribution >= 4 is 15.8 Å². The van der Waals surface area contributed by atoms with Crippen LogP contribution in [-0.4, -0.2) is 35.5 Å². The van der Waals surface area contributed by atoms with Gasteiger partial charge in [-0.2, -0.15) is 5.10 Å². The number of aromatic nitrogens is 2. The van der Waals surface area contributed by atoms with Gasteiger partial charge >= 0.3 is 5.97 Å². The maximum Gasteiger partial charge on any atom is 0.356 e. The summed E-state index contributed by atoms with van der Waals surface area (Å²) in [7, 11) is -1.41. The average molecular weight is 294 g/mol. The van der Waals surface area contributed by atoms with Crippen molar-refractivity contribution in [3.05, 3.63) is 41.6 Å². The highest BCUT2D eigenvalue weighted by Crippen LogP contribution is 2.21. The monoisotopic (exact) mass is 294 g/mol. The van der Waals surface area contributed by atoms with Gasteiger partial charge in [-0.1, -0.05) is 24.3 Å². The molecule has 1 heterocycles. The third-order valence-electron chi connectivity index (χ3n) is 2.78. The summed E-state index contributed by atoms with van der Waals surface area (Å²) >= 11 is 0. The highest BCUT2D eigenvalue weighted by Gasteiger charge is 2.12. The highest BCUT2D eigenvalue weighted by atomic mass is 32.2. The molecular formula is C13H14N2O4S. The number of carboxylic acids is 1. The molecule has 2 rings (SSSR count). The molecule has 0 unspecified atom stereocenters. The van der Waals surface area contributed by atoms with E-state index in [1.807, 2.05) is 0 Å². The van der Waals surface area contributed by atoms with Crippen LogP contribution in [0.1, 0.15) is 16.1 Å². The second-order valence-electron chi connectivity index (χ2n) is 4.61. The van der Waals surface area contributed by atoms with Crippen LogP contribution >= 0.6 is 0 Å². The van der Waals surface area contributed by atoms with Gasteiger partial charge in [-0.3, -0.25) is 4.68 Å². The van der Waals surface area contributed by atoms with Gasteiger partial charge in [-0.25, -0.2) is 13.2 Å². The predicted octanol–water partition coefficient (Wildman–Crippen LogP) is 1.33. The van der Waals surface area contributed by atoms with Gasteiger partial charge in [0.1, 0.15) is 0 Å². The maximum absolute atomic E-state index is 11.2. The molecule has 106 valence electrons. The van der Waals surface area contributed by atoms with Gasteiger partial charge in [0, 0.05) is 13.3 Å². The molecule has 0 bridgehead atoms. The van der Waals surface area contributed by atoms with E-state index in [2.05, 4.69) is 5.10 Å². The minimum Gasteiger partial charge on any atom is -0.476 e. The number of sulfone groups is 1. The first kappa shape index (κ1) is 14.3. The van der Waals surface area contributed by atoms with Crippen LogP contribution in [0.5, 0.6) is 0 Å². The SMILES string of the molecule is Cn1nc(C(=O)O)cc1-c1ccc(CS(C)(=O)=O)cc1. The number of carboxylic acid groups (broad SMARTS) is 1. The summed E-state index contributed by atoms with van der Waals surface area (Å²) in [5.74, 6) is -1.10. The lowest BCUT2D eigenvalue weighted by atomic mass is 10.1. The molecule has 0 saturated heterocycles. The first-order valence-electron chi connectivity index (χ1n) is 5.80. The normalized spacial score (nSPS) is 11.5. The zero-order chi connectivity index (χ0) is 14.9. The quantitative estimate of drug-likeness (QED) is 0.918. The van der Waals surface area contributed by atoms with E-state index >= 15 is 0 Å². The molecule has 0 aliphatic rings. The summed E-state index contributed by atoms with van der Waals surface area (Å²) in [5, 5.41) is 12.8. The molecule has 0 radical (unpaired) electrons. The van der Waals surface area contributed by atoms with E-state index in [4.69, 9.17) is 5.11 Å². The molecule has 0 fully saturated rings. The third kappa shape index (κ3) is 3.24. The van der Waals surface area contributed by atoms with Crippen molar-refractivity contribution in [2.24, 2.45) is 7.05 Å². The van der Waals surface area contributed by atoms with E-state index in [1.54, 1.807) is 31.3 Å². The molecule has 0 amide bonds. The third-order valence-corrected chi connectivity index (χ3v) is 3.64. The van der Waals surface area contributed by atoms with Crippen molar-refractivity contribution in [2.75, 3.05) is 6.26 Å². The number of nitrogens with zero attached hydrogens (tertiary/aromatic N) is 2. The van der Waals surface area contributed by atoms with Gasteiger partial charge in [0.05, 0.1) is 11.4 Å². The maximum atomic E-state index is 11.2. The highest BCUT2D eigenvalue weighted by molar-refractivity contribution is 7.89. The lowest BCUT2D eigenvalue weighted by molar-refractivity contribution is 0.0689. The average Bonchev–Trinajstić information content (AvgIpc) is 2.70. The number of aromatic carboxylic acids is 1. The summed E-state index contributed by atoms with van der Waals surface area (Å²) in [6.45, 7) is 0. The van der Waals surface area contributed by atoms with Gasteiger partial charge in [-0.15, -0.1) is 0 Å². The molecule has 7 heteroatoms. The van der Waals surface area contributed by atoms with Gasteiger partial charge in [0.25, 0.3) is 0 Å². The zero-order valence-electron chi connectivity index (χ0n) is 11.1. The Balaban J connectivity index is 2.33. The Kier molecular flexibility index (Phi) is 3.63. The summed E-state index contributed by atoms with van der Waals surface area (Å²) in [6.07, 6.45) is 1.18. The fourth-order valence-electron chi connectivity index (χ4n) is 1.92. The van der Waals surface area contributed by atoms with Crippen LogP contribution in [0.4, 0.5) is 0 Å². The Labute approximate surface area is 116 Å². The van der Waals surface area contributed by atoms with Crippen molar-refractivity contribution in [1.82, 2.24) is 9.78 Å². The van der Waals surface area contributed by atoms with E-state index in [0.29, 0.717) is 11.3 Å². The van der Waals surface area contributed by atoms with E-state index in [0.717, 1.165) is 5.56 Å². The molecule has 1 N–H and O–H groups in total. The Morgan fingerprint density at radius 1 is 1.30 bits per heavy atom. The lowest BCUT2D eigenvalue weighted by Crippen LogP contribution is -2.00. The van der Waals surface area contributed by atoms with E-state index < -0.39 is 15.8 Å². The number of rotatable bonds is 4. The molecule has 1 aromatic carbocycles. The van der Waals surface area contributed by atoms with Crippen LogP contribution in [-0.2, 0) is 22.6 Å². The Bertz CT molecular complexity index is 745. The fraction of sp³-hybridized carbons (Fsp3) is 0.231. The second kappa shape index (κ2) is 5.09. The van der Waals surface area contributed by atoms with E-state index in [9.17, 15) is 13.2 Å². The van der Waals surface area contributed by atoms with E-state index in [-0.39, 0.29) is 11.4 Å². The second-order valence-corrected chi connectivity index (χ2v) is 6.75. The fourth-order valence-corrected chi connectivity index (χ4v) is 2.71. The van der Waals surface area contributed by atoms with Crippen LogP contribution in [0.15, 0.2) is 30.3 Å². The van der Waals surface area contributed by atoms with Crippen LogP contribution in [0, 0.1) is 0 Å². The molecule has 2 aromatic rings. The van der Waals surface area contributed by atoms with Crippen LogP contribution in [0.25, 0.3) is 11.3 Å². The Morgan fingerprint density at radius 2 is 1.90 bits per heavy atom. The Morgan fingerprint density at radius 3 is 2.35 bits per heavy atom. The molecule has 0 spiro atoms. The minimum atomic E-state index is -3.07. The van der Waals surface area contributed by atoms with Gasteiger partial charge in [0.2, 0.25) is 0 Å². The molecule has 1 aromatic heterocycles. The van der Waals surface area contributed by atoms with Crippen molar-refractivity contribution in [3.8, 4) is 11.3 Å². The first-order valence-corrected chi connectivity index (χ1v) is 7.87. The minimum absolute atomic E-state index is 0.0148.